The molecule has 1 aromatic rings. The molecule has 0 aliphatic carbocycles. The minimum Gasteiger partial charge on any atom is -0.356 e. The molecule has 0 bridgehead atoms. The second-order valence-electron chi connectivity index (χ2n) is 5.73. The maximum atomic E-state index is 12.4. The molecule has 142 valence electrons. The molecule has 0 aliphatic rings. The Morgan fingerprint density at radius 1 is 1.28 bits per heavy atom. The zero-order valence-electron chi connectivity index (χ0n) is 14.7. The van der Waals surface area contributed by atoms with E-state index in [2.05, 4.69) is 39.6 Å². The first-order valence-electron chi connectivity index (χ1n) is 8.42. The number of hydrogen-bond acceptors (Lipinski definition) is 4. The van der Waals surface area contributed by atoms with Gasteiger partial charge < -0.3 is 9.88 Å². The summed E-state index contributed by atoms with van der Waals surface area (Å²) in [6.45, 7) is 4.98. The molecule has 0 atom stereocenters. The van der Waals surface area contributed by atoms with Crippen LogP contribution in [-0.4, -0.2) is 31.2 Å². The highest BCUT2D eigenvalue weighted by atomic mass is 127. The van der Waals surface area contributed by atoms with E-state index < -0.39 is 10.0 Å². The van der Waals surface area contributed by atoms with Gasteiger partial charge in [0.2, 0.25) is 15.9 Å². The summed E-state index contributed by atoms with van der Waals surface area (Å²) in [5, 5.41) is 2.63. The molecular formula is C16H26IN3O4S. The van der Waals surface area contributed by atoms with Crippen molar-refractivity contribution in [1.82, 2.24) is 14.6 Å². The molecule has 1 rings (SSSR count). The lowest BCUT2D eigenvalue weighted by molar-refractivity contribution is -0.120. The Bertz CT molecular complexity index is 731. The van der Waals surface area contributed by atoms with Crippen molar-refractivity contribution in [3.63, 3.8) is 0 Å². The van der Waals surface area contributed by atoms with E-state index in [1.54, 1.807) is 16.8 Å². The Balaban J connectivity index is 2.65. The highest BCUT2D eigenvalue weighted by Gasteiger charge is 2.13. The molecule has 0 radical (unpaired) electrons. The van der Waals surface area contributed by atoms with Crippen molar-refractivity contribution in [3.05, 3.63) is 31.8 Å². The van der Waals surface area contributed by atoms with Gasteiger partial charge in [-0.05, 0) is 48.4 Å². The number of amides is 1. The Morgan fingerprint density at radius 2 is 2.00 bits per heavy atom. The van der Waals surface area contributed by atoms with Gasteiger partial charge in [0.15, 0.2) is 0 Å². The van der Waals surface area contributed by atoms with Crippen molar-refractivity contribution in [3.8, 4) is 0 Å². The zero-order chi connectivity index (χ0) is 18.9. The average molecular weight is 483 g/mol. The number of aromatic nitrogens is 1. The highest BCUT2D eigenvalue weighted by Crippen LogP contribution is 2.06. The Morgan fingerprint density at radius 3 is 2.64 bits per heavy atom. The first-order chi connectivity index (χ1) is 11.8. The van der Waals surface area contributed by atoms with E-state index >= 15 is 0 Å². The molecule has 2 N–H and O–H groups in total. The number of nitrogens with one attached hydrogen (secondary N) is 2. The van der Waals surface area contributed by atoms with Crippen LogP contribution >= 0.6 is 22.6 Å². The quantitative estimate of drug-likeness (QED) is 0.468. The fraction of sp³-hybridized carbons (Fsp3) is 0.625. The van der Waals surface area contributed by atoms with Gasteiger partial charge >= 0.3 is 0 Å². The largest absolute Gasteiger partial charge is 0.356 e. The maximum absolute atomic E-state index is 12.4. The lowest BCUT2D eigenvalue weighted by atomic mass is 10.2. The fourth-order valence-electron chi connectivity index (χ4n) is 2.25. The summed E-state index contributed by atoms with van der Waals surface area (Å²) in [5.41, 5.74) is 0.259. The molecule has 25 heavy (non-hydrogen) atoms. The SMILES string of the molecule is CCCCn1cc(I)cc(CNS(=O)(=O)CCCC(=O)NCC)c1=O. The Hall–Kier alpha value is -0.940. The third kappa shape index (κ3) is 8.32. The third-order valence-electron chi connectivity index (χ3n) is 3.55. The van der Waals surface area contributed by atoms with Gasteiger partial charge in [0.05, 0.1) is 5.75 Å². The first kappa shape index (κ1) is 22.1. The predicted molar refractivity (Wildman–Crippen MR) is 107 cm³/mol. The summed E-state index contributed by atoms with van der Waals surface area (Å²) in [4.78, 5) is 23.7. The smallest absolute Gasteiger partial charge is 0.255 e. The van der Waals surface area contributed by atoms with Crippen LogP contribution in [0.4, 0.5) is 0 Å². The molecule has 0 aromatic carbocycles. The molecule has 9 heteroatoms. The zero-order valence-corrected chi connectivity index (χ0v) is 17.7. The van der Waals surface area contributed by atoms with Crippen molar-refractivity contribution in [2.75, 3.05) is 12.3 Å². The van der Waals surface area contributed by atoms with E-state index in [1.165, 1.54) is 0 Å². The normalized spacial score (nSPS) is 11.5. The standard InChI is InChI=1S/C16H26IN3O4S/c1-3-5-8-20-12-14(17)10-13(16(20)22)11-19-25(23,24)9-6-7-15(21)18-4-2/h10,12,19H,3-9,11H2,1-2H3,(H,18,21). The first-order valence-corrected chi connectivity index (χ1v) is 11.1. The lowest BCUT2D eigenvalue weighted by Gasteiger charge is -2.10. The van der Waals surface area contributed by atoms with Crippen molar-refractivity contribution >= 4 is 38.5 Å². The van der Waals surface area contributed by atoms with Crippen LogP contribution in [-0.2, 0) is 27.9 Å². The molecule has 0 fully saturated rings. The fourth-order valence-corrected chi connectivity index (χ4v) is 4.00. The van der Waals surface area contributed by atoms with Crippen LogP contribution in [0.3, 0.4) is 0 Å². The number of pyridine rings is 1. The molecule has 0 unspecified atom stereocenters. The number of aryl methyl sites for hydroxylation is 1. The summed E-state index contributed by atoms with van der Waals surface area (Å²) < 4.78 is 29.1. The number of unbranched alkanes of at least 4 members (excludes halogenated alkanes) is 1. The lowest BCUT2D eigenvalue weighted by Crippen LogP contribution is -2.32. The Labute approximate surface area is 162 Å². The highest BCUT2D eigenvalue weighted by molar-refractivity contribution is 14.1. The van der Waals surface area contributed by atoms with Gasteiger partial charge in [-0.15, -0.1) is 0 Å². The number of sulfonamides is 1. The van der Waals surface area contributed by atoms with Gasteiger partial charge in [0.1, 0.15) is 0 Å². The van der Waals surface area contributed by atoms with Gasteiger partial charge in [-0.3, -0.25) is 9.59 Å². The van der Waals surface area contributed by atoms with Crippen LogP contribution in [0.25, 0.3) is 0 Å². The number of halogens is 1. The van der Waals surface area contributed by atoms with Gasteiger partial charge in [-0.25, -0.2) is 13.1 Å². The van der Waals surface area contributed by atoms with E-state index in [9.17, 15) is 18.0 Å². The van der Waals surface area contributed by atoms with Crippen molar-refractivity contribution in [1.29, 1.82) is 0 Å². The van der Waals surface area contributed by atoms with Crippen LogP contribution < -0.4 is 15.6 Å². The Kier molecular flexibility index (Phi) is 9.65. The van der Waals surface area contributed by atoms with E-state index in [-0.39, 0.29) is 36.6 Å². The van der Waals surface area contributed by atoms with E-state index in [0.717, 1.165) is 16.4 Å². The summed E-state index contributed by atoms with van der Waals surface area (Å²) >= 11 is 2.12. The van der Waals surface area contributed by atoms with Crippen LogP contribution in [0.5, 0.6) is 0 Å². The number of nitrogens with zero attached hydrogens (tertiary/aromatic N) is 1. The molecular weight excluding hydrogens is 457 g/mol. The van der Waals surface area contributed by atoms with Crippen molar-refractivity contribution < 1.29 is 13.2 Å². The van der Waals surface area contributed by atoms with Crippen LogP contribution in [0.1, 0.15) is 45.1 Å². The number of carbonyl (C=O) groups is 1. The number of hydrogen-bond donors (Lipinski definition) is 2. The predicted octanol–water partition coefficient (Wildman–Crippen LogP) is 1.59. The summed E-state index contributed by atoms with van der Waals surface area (Å²) in [7, 11) is -3.53. The second-order valence-corrected chi connectivity index (χ2v) is 8.90. The van der Waals surface area contributed by atoms with Gasteiger partial charge in [-0.2, -0.15) is 0 Å². The van der Waals surface area contributed by atoms with E-state index in [0.29, 0.717) is 18.7 Å². The molecule has 0 aliphatic heterocycles. The van der Waals surface area contributed by atoms with E-state index in [4.69, 9.17) is 0 Å². The molecule has 7 nitrogen and oxygen atoms in total. The second kappa shape index (κ2) is 10.9. The van der Waals surface area contributed by atoms with Crippen LogP contribution in [0, 0.1) is 3.57 Å². The average Bonchev–Trinajstić information content (AvgIpc) is 2.54. The monoisotopic (exact) mass is 483 g/mol. The number of carbonyl (C=O) groups excluding carboxylic acids is 1. The molecule has 0 saturated heterocycles. The van der Waals surface area contributed by atoms with Crippen LogP contribution in [0.15, 0.2) is 17.1 Å². The summed E-state index contributed by atoms with van der Waals surface area (Å²) in [6.07, 6.45) is 4.06. The van der Waals surface area contributed by atoms with Crippen molar-refractivity contribution in [2.24, 2.45) is 0 Å². The van der Waals surface area contributed by atoms with Gasteiger partial charge in [0.25, 0.3) is 5.56 Å². The number of rotatable bonds is 11. The molecule has 1 amide bonds. The van der Waals surface area contributed by atoms with Gasteiger partial charge in [0, 0.05) is 41.4 Å². The molecule has 0 spiro atoms. The minimum absolute atomic E-state index is 0.0364. The minimum atomic E-state index is -3.53. The van der Waals surface area contributed by atoms with Crippen LogP contribution in [0.2, 0.25) is 0 Å². The molecule has 1 heterocycles. The summed E-state index contributed by atoms with van der Waals surface area (Å²) in [5.74, 6) is -0.299. The molecule has 0 saturated carbocycles. The topological polar surface area (TPSA) is 97.3 Å². The van der Waals surface area contributed by atoms with Gasteiger partial charge in [-0.1, -0.05) is 13.3 Å². The van der Waals surface area contributed by atoms with E-state index in [1.807, 2.05) is 6.92 Å². The molecule has 1 aromatic heterocycles. The third-order valence-corrected chi connectivity index (χ3v) is 5.55. The van der Waals surface area contributed by atoms with Crippen molar-refractivity contribution in [2.45, 2.75) is 52.6 Å². The maximum Gasteiger partial charge on any atom is 0.255 e. The summed E-state index contributed by atoms with van der Waals surface area (Å²) in [6, 6.07) is 1.70.